The fourth-order valence-electron chi connectivity index (χ4n) is 3.63. The van der Waals surface area contributed by atoms with E-state index in [9.17, 15) is 14.4 Å². The monoisotopic (exact) mass is 355 g/mol. The molecule has 6 nitrogen and oxygen atoms in total. The van der Waals surface area contributed by atoms with E-state index in [1.807, 2.05) is 0 Å². The first-order chi connectivity index (χ1) is 12.1. The molecule has 1 saturated carbocycles. The van der Waals surface area contributed by atoms with Crippen molar-refractivity contribution in [1.29, 1.82) is 0 Å². The summed E-state index contributed by atoms with van der Waals surface area (Å²) in [6, 6.07) is 6.56. The number of hydrogen-bond donors (Lipinski definition) is 1. The van der Waals surface area contributed by atoms with Crippen LogP contribution in [0.3, 0.4) is 0 Å². The Hall–Kier alpha value is -2.54. The van der Waals surface area contributed by atoms with Crippen LogP contribution in [0, 0.1) is 11.8 Å². The Morgan fingerprint density at radius 3 is 2.28 bits per heavy atom. The maximum absolute atomic E-state index is 12.6. The van der Waals surface area contributed by atoms with Gasteiger partial charge in [0, 0.05) is 17.1 Å². The van der Waals surface area contributed by atoms with Crippen LogP contribution in [0.2, 0.25) is 0 Å². The third-order valence-electron chi connectivity index (χ3n) is 4.88. The predicted molar refractivity (Wildman–Crippen MR) is 94.5 cm³/mol. The number of rotatable bonds is 3. The van der Waals surface area contributed by atoms with Crippen molar-refractivity contribution in [3.05, 3.63) is 41.4 Å². The van der Waals surface area contributed by atoms with Crippen LogP contribution in [0.5, 0.6) is 0 Å². The summed E-state index contributed by atoms with van der Waals surface area (Å²) in [7, 11) is 0. The molecule has 7 heteroatoms. The molecule has 1 saturated heterocycles. The molecule has 1 aromatic heterocycles. The Balaban J connectivity index is 1.53. The summed E-state index contributed by atoms with van der Waals surface area (Å²) in [5, 5.41) is 5.02. The van der Waals surface area contributed by atoms with E-state index in [1.165, 1.54) is 16.2 Å². The summed E-state index contributed by atoms with van der Waals surface area (Å²) in [6.45, 7) is 0. The smallest absolute Gasteiger partial charge is 0.257 e. The molecule has 0 spiro atoms. The zero-order chi connectivity index (χ0) is 17.4. The van der Waals surface area contributed by atoms with E-state index >= 15 is 0 Å². The van der Waals surface area contributed by atoms with Gasteiger partial charge in [0.25, 0.3) is 5.91 Å². The van der Waals surface area contributed by atoms with E-state index in [0.717, 1.165) is 25.7 Å². The highest BCUT2D eigenvalue weighted by Gasteiger charge is 2.48. The van der Waals surface area contributed by atoms with Crippen molar-refractivity contribution in [2.75, 3.05) is 10.2 Å². The molecule has 2 unspecified atom stereocenters. The Bertz CT molecular complexity index is 793. The van der Waals surface area contributed by atoms with Crippen LogP contribution in [0.4, 0.5) is 10.8 Å². The number of aromatic nitrogens is 1. The molecule has 1 N–H and O–H groups in total. The van der Waals surface area contributed by atoms with Crippen molar-refractivity contribution in [1.82, 2.24) is 4.98 Å². The van der Waals surface area contributed by atoms with Gasteiger partial charge >= 0.3 is 0 Å². The Morgan fingerprint density at radius 2 is 1.72 bits per heavy atom. The van der Waals surface area contributed by atoms with Crippen molar-refractivity contribution in [3.8, 4) is 0 Å². The summed E-state index contributed by atoms with van der Waals surface area (Å²) < 4.78 is 0. The van der Waals surface area contributed by atoms with Crippen LogP contribution in [0.1, 0.15) is 36.0 Å². The minimum Gasteiger partial charge on any atom is -0.298 e. The van der Waals surface area contributed by atoms with Crippen LogP contribution < -0.4 is 10.2 Å². The summed E-state index contributed by atoms with van der Waals surface area (Å²) in [6.07, 6.45) is 5.21. The lowest BCUT2D eigenvalue weighted by Gasteiger charge is -2.19. The third kappa shape index (κ3) is 2.84. The number of amides is 3. The molecular weight excluding hydrogens is 338 g/mol. The molecule has 2 fully saturated rings. The van der Waals surface area contributed by atoms with E-state index in [2.05, 4.69) is 10.3 Å². The number of fused-ring (bicyclic) bond motifs is 1. The number of anilines is 2. The Kier molecular flexibility index (Phi) is 4.09. The number of hydrogen-bond acceptors (Lipinski definition) is 5. The first kappa shape index (κ1) is 16.0. The molecule has 2 heterocycles. The fourth-order valence-corrected chi connectivity index (χ4v) is 4.16. The number of benzene rings is 1. The van der Waals surface area contributed by atoms with Crippen LogP contribution >= 0.6 is 11.3 Å². The maximum Gasteiger partial charge on any atom is 0.257 e. The summed E-state index contributed by atoms with van der Waals surface area (Å²) in [4.78, 5) is 42.7. The quantitative estimate of drug-likeness (QED) is 0.858. The highest BCUT2D eigenvalue weighted by molar-refractivity contribution is 7.13. The topological polar surface area (TPSA) is 79.4 Å². The molecule has 4 rings (SSSR count). The minimum absolute atomic E-state index is 0.102. The van der Waals surface area contributed by atoms with Crippen molar-refractivity contribution in [3.63, 3.8) is 0 Å². The second-order valence-corrected chi connectivity index (χ2v) is 7.24. The zero-order valence-electron chi connectivity index (χ0n) is 13.5. The van der Waals surface area contributed by atoms with Gasteiger partial charge in [0.1, 0.15) is 0 Å². The molecule has 0 radical (unpaired) electrons. The van der Waals surface area contributed by atoms with Gasteiger partial charge < -0.3 is 0 Å². The van der Waals surface area contributed by atoms with Crippen LogP contribution in [0.15, 0.2) is 35.8 Å². The van der Waals surface area contributed by atoms with Crippen molar-refractivity contribution >= 4 is 39.9 Å². The van der Waals surface area contributed by atoms with Gasteiger partial charge in [0.05, 0.1) is 17.5 Å². The standard InChI is InChI=1S/C18H17N3O3S/c22-15(20-18-19-9-10-25-18)11-5-7-12(8-6-11)21-16(23)13-3-1-2-4-14(13)17(21)24/h5-10,13-14H,1-4H2,(H,19,20,22). The van der Waals surface area contributed by atoms with Crippen molar-refractivity contribution < 1.29 is 14.4 Å². The Morgan fingerprint density at radius 1 is 1.08 bits per heavy atom. The molecular formula is C18H17N3O3S. The summed E-state index contributed by atoms with van der Waals surface area (Å²) in [5.74, 6) is -0.818. The molecule has 2 aromatic rings. The predicted octanol–water partition coefficient (Wildman–Crippen LogP) is 3.08. The average molecular weight is 355 g/mol. The van der Waals surface area contributed by atoms with Gasteiger partial charge in [-0.2, -0.15) is 0 Å². The first-order valence-corrected chi connectivity index (χ1v) is 9.22. The lowest BCUT2D eigenvalue weighted by Crippen LogP contribution is -2.30. The van der Waals surface area contributed by atoms with E-state index in [-0.39, 0.29) is 29.6 Å². The largest absolute Gasteiger partial charge is 0.298 e. The SMILES string of the molecule is O=C(Nc1nccs1)c1ccc(N2C(=O)C3CCCCC3C2=O)cc1. The number of carbonyl (C=O) groups excluding carboxylic acids is 3. The first-order valence-electron chi connectivity index (χ1n) is 8.34. The molecule has 2 atom stereocenters. The van der Waals surface area contributed by atoms with Crippen molar-refractivity contribution in [2.45, 2.75) is 25.7 Å². The normalized spacial score (nSPS) is 22.8. The Labute approximate surface area is 148 Å². The van der Waals surface area contributed by atoms with Gasteiger partial charge in [-0.1, -0.05) is 12.8 Å². The number of nitrogens with one attached hydrogen (secondary N) is 1. The number of imide groups is 1. The van der Waals surface area contributed by atoms with Gasteiger partial charge in [-0.3, -0.25) is 24.6 Å². The van der Waals surface area contributed by atoms with Gasteiger partial charge in [-0.15, -0.1) is 11.3 Å². The summed E-state index contributed by atoms with van der Waals surface area (Å²) >= 11 is 1.34. The summed E-state index contributed by atoms with van der Waals surface area (Å²) in [5.41, 5.74) is 0.991. The van der Waals surface area contributed by atoms with Gasteiger partial charge in [0.15, 0.2) is 5.13 Å². The molecule has 3 amide bonds. The van der Waals surface area contributed by atoms with Gasteiger partial charge in [-0.05, 0) is 37.1 Å². The van der Waals surface area contributed by atoms with Crippen molar-refractivity contribution in [2.24, 2.45) is 11.8 Å². The molecule has 1 aromatic carbocycles. The zero-order valence-corrected chi connectivity index (χ0v) is 14.3. The van der Waals surface area contributed by atoms with Crippen LogP contribution in [0.25, 0.3) is 0 Å². The lowest BCUT2D eigenvalue weighted by atomic mass is 9.81. The van der Waals surface area contributed by atoms with Gasteiger partial charge in [-0.25, -0.2) is 4.98 Å². The second-order valence-electron chi connectivity index (χ2n) is 6.35. The number of thiazole rings is 1. The molecule has 1 aliphatic heterocycles. The molecule has 0 bridgehead atoms. The van der Waals surface area contributed by atoms with Crippen LogP contribution in [-0.4, -0.2) is 22.7 Å². The average Bonchev–Trinajstić information content (AvgIpc) is 3.23. The van der Waals surface area contributed by atoms with Gasteiger partial charge in [0.2, 0.25) is 11.8 Å². The molecule has 128 valence electrons. The molecule has 25 heavy (non-hydrogen) atoms. The van der Waals surface area contributed by atoms with E-state index in [0.29, 0.717) is 16.4 Å². The fraction of sp³-hybridized carbons (Fsp3) is 0.333. The second kappa shape index (κ2) is 6.40. The van der Waals surface area contributed by atoms with Crippen LogP contribution in [-0.2, 0) is 9.59 Å². The lowest BCUT2D eigenvalue weighted by molar-refractivity contribution is -0.122. The molecule has 2 aliphatic rings. The number of carbonyl (C=O) groups is 3. The third-order valence-corrected chi connectivity index (χ3v) is 5.57. The highest BCUT2D eigenvalue weighted by Crippen LogP contribution is 2.40. The minimum atomic E-state index is -0.269. The highest BCUT2D eigenvalue weighted by atomic mass is 32.1. The maximum atomic E-state index is 12.6. The molecule has 1 aliphatic carbocycles. The number of nitrogens with zero attached hydrogens (tertiary/aromatic N) is 2. The van der Waals surface area contributed by atoms with E-state index < -0.39 is 0 Å². The van der Waals surface area contributed by atoms with E-state index in [1.54, 1.807) is 35.8 Å². The van der Waals surface area contributed by atoms with E-state index in [4.69, 9.17) is 0 Å².